The van der Waals surface area contributed by atoms with Crippen molar-refractivity contribution in [2.45, 2.75) is 21.9 Å². The van der Waals surface area contributed by atoms with E-state index in [1.807, 2.05) is 0 Å². The van der Waals surface area contributed by atoms with Crippen molar-refractivity contribution in [2.75, 3.05) is 26.2 Å². The van der Waals surface area contributed by atoms with Crippen LogP contribution in [-0.2, 0) is 9.84 Å². The van der Waals surface area contributed by atoms with Gasteiger partial charge < -0.3 is 10.2 Å². The van der Waals surface area contributed by atoms with Gasteiger partial charge in [-0.1, -0.05) is 18.2 Å². The Morgan fingerprint density at radius 1 is 1.08 bits per heavy atom. The minimum Gasteiger partial charge on any atom is -0.350 e. The Kier molecular flexibility index (Phi) is 5.33. The molecule has 1 saturated heterocycles. The highest BCUT2D eigenvalue weighted by molar-refractivity contribution is 7.93. The van der Waals surface area contributed by atoms with E-state index in [2.05, 4.69) is 10.2 Å². The Morgan fingerprint density at radius 3 is 2.50 bits per heavy atom. The summed E-state index contributed by atoms with van der Waals surface area (Å²) < 4.78 is 25.3. The lowest BCUT2D eigenvalue weighted by molar-refractivity contribution is 0.0954. The number of nitrogens with one attached hydrogen (secondary N) is 1. The summed E-state index contributed by atoms with van der Waals surface area (Å²) in [5.74, 6) is -0.214. The van der Waals surface area contributed by atoms with Crippen molar-refractivity contribution in [3.63, 3.8) is 0 Å². The van der Waals surface area contributed by atoms with Gasteiger partial charge in [0.1, 0.15) is 4.21 Å². The van der Waals surface area contributed by atoms with Crippen molar-refractivity contribution < 1.29 is 13.2 Å². The minimum absolute atomic E-state index is 0.193. The molecule has 0 unspecified atom stereocenters. The van der Waals surface area contributed by atoms with Gasteiger partial charge in [0.05, 0.1) is 9.77 Å². The fourth-order valence-electron chi connectivity index (χ4n) is 2.72. The molecule has 2 heterocycles. The lowest BCUT2D eigenvalue weighted by Gasteiger charge is -2.14. The first-order chi connectivity index (χ1) is 11.6. The van der Waals surface area contributed by atoms with E-state index in [-0.39, 0.29) is 15.0 Å². The summed E-state index contributed by atoms with van der Waals surface area (Å²) in [6.07, 6.45) is 2.44. The first-order valence-electron chi connectivity index (χ1n) is 7.98. The van der Waals surface area contributed by atoms with Crippen LogP contribution in [0.1, 0.15) is 22.5 Å². The highest BCUT2D eigenvalue weighted by Gasteiger charge is 2.21. The standard InChI is InChI=1S/C17H20N2O3S2/c20-17(18-10-13-19-11-4-5-12-19)15-8-9-16(23-15)24(21,22)14-6-2-1-3-7-14/h1-3,6-9H,4-5,10-13H2,(H,18,20). The molecule has 0 aliphatic carbocycles. The van der Waals surface area contributed by atoms with Gasteiger partial charge in [0, 0.05) is 13.1 Å². The maximum absolute atomic E-state index is 12.5. The van der Waals surface area contributed by atoms with Crippen LogP contribution in [0.25, 0.3) is 0 Å². The average Bonchev–Trinajstić information content (AvgIpc) is 3.27. The van der Waals surface area contributed by atoms with Crippen molar-refractivity contribution in [3.05, 3.63) is 47.3 Å². The molecule has 1 aliphatic rings. The van der Waals surface area contributed by atoms with Gasteiger partial charge in [-0.15, -0.1) is 11.3 Å². The van der Waals surface area contributed by atoms with Crippen LogP contribution >= 0.6 is 11.3 Å². The summed E-state index contributed by atoms with van der Waals surface area (Å²) in [4.78, 5) is 15.2. The molecule has 0 bridgehead atoms. The Balaban J connectivity index is 1.63. The summed E-state index contributed by atoms with van der Waals surface area (Å²) in [7, 11) is -3.55. The number of hydrogen-bond acceptors (Lipinski definition) is 5. The van der Waals surface area contributed by atoms with E-state index < -0.39 is 9.84 Å². The van der Waals surface area contributed by atoms with Crippen LogP contribution in [0.4, 0.5) is 0 Å². The molecule has 128 valence electrons. The van der Waals surface area contributed by atoms with Crippen LogP contribution in [0.2, 0.25) is 0 Å². The Bertz CT molecular complexity index is 794. The smallest absolute Gasteiger partial charge is 0.261 e. The molecular weight excluding hydrogens is 344 g/mol. The summed E-state index contributed by atoms with van der Waals surface area (Å²) in [6, 6.07) is 11.3. The molecule has 0 saturated carbocycles. The van der Waals surface area contributed by atoms with Crippen molar-refractivity contribution in [1.29, 1.82) is 0 Å². The van der Waals surface area contributed by atoms with Gasteiger partial charge in [-0.3, -0.25) is 4.79 Å². The Morgan fingerprint density at radius 2 is 1.79 bits per heavy atom. The topological polar surface area (TPSA) is 66.5 Å². The molecule has 1 fully saturated rings. The maximum Gasteiger partial charge on any atom is 0.261 e. The third-order valence-corrected chi connectivity index (χ3v) is 7.38. The summed E-state index contributed by atoms with van der Waals surface area (Å²) in [6.45, 7) is 3.60. The van der Waals surface area contributed by atoms with E-state index >= 15 is 0 Å². The molecule has 0 spiro atoms. The van der Waals surface area contributed by atoms with Crippen molar-refractivity contribution in [1.82, 2.24) is 10.2 Å². The number of hydrogen-bond donors (Lipinski definition) is 1. The molecule has 0 radical (unpaired) electrons. The molecule has 1 aliphatic heterocycles. The normalized spacial score (nSPS) is 15.5. The Hall–Kier alpha value is -1.70. The van der Waals surface area contributed by atoms with Crippen LogP contribution in [0, 0.1) is 0 Å². The molecule has 24 heavy (non-hydrogen) atoms. The van der Waals surface area contributed by atoms with Gasteiger partial charge in [-0.25, -0.2) is 8.42 Å². The average molecular weight is 364 g/mol. The van der Waals surface area contributed by atoms with Gasteiger partial charge >= 0.3 is 0 Å². The molecule has 1 aromatic carbocycles. The third kappa shape index (κ3) is 3.85. The van der Waals surface area contributed by atoms with E-state index in [4.69, 9.17) is 0 Å². The highest BCUT2D eigenvalue weighted by Crippen LogP contribution is 2.27. The van der Waals surface area contributed by atoms with Crippen LogP contribution < -0.4 is 5.32 Å². The number of carbonyl (C=O) groups is 1. The quantitative estimate of drug-likeness (QED) is 0.855. The predicted molar refractivity (Wildman–Crippen MR) is 94.2 cm³/mol. The maximum atomic E-state index is 12.5. The zero-order valence-corrected chi connectivity index (χ0v) is 14.9. The van der Waals surface area contributed by atoms with Crippen molar-refractivity contribution in [3.8, 4) is 0 Å². The fourth-order valence-corrected chi connectivity index (χ4v) is 5.37. The van der Waals surface area contributed by atoms with Gasteiger partial charge in [-0.2, -0.15) is 0 Å². The summed E-state index contributed by atoms with van der Waals surface area (Å²) in [5.41, 5.74) is 0. The Labute approximate surface area is 146 Å². The molecule has 3 rings (SSSR count). The molecule has 0 atom stereocenters. The second kappa shape index (κ2) is 7.46. The fraction of sp³-hybridized carbons (Fsp3) is 0.353. The number of amides is 1. The van der Waals surface area contributed by atoms with Crippen LogP contribution in [0.3, 0.4) is 0 Å². The van der Waals surface area contributed by atoms with Crippen molar-refractivity contribution >= 4 is 27.1 Å². The van der Waals surface area contributed by atoms with E-state index in [1.54, 1.807) is 36.4 Å². The zero-order valence-electron chi connectivity index (χ0n) is 13.3. The van der Waals surface area contributed by atoms with Crippen LogP contribution in [0.15, 0.2) is 51.6 Å². The number of carbonyl (C=O) groups excluding carboxylic acids is 1. The largest absolute Gasteiger partial charge is 0.350 e. The SMILES string of the molecule is O=C(NCCN1CCCC1)c1ccc(S(=O)(=O)c2ccccc2)s1. The van der Waals surface area contributed by atoms with Gasteiger partial charge in [0.25, 0.3) is 5.91 Å². The molecular formula is C17H20N2O3S2. The first kappa shape index (κ1) is 17.1. The van der Waals surface area contributed by atoms with Gasteiger partial charge in [0.2, 0.25) is 9.84 Å². The first-order valence-corrected chi connectivity index (χ1v) is 10.3. The second-order valence-electron chi connectivity index (χ2n) is 5.74. The summed E-state index contributed by atoms with van der Waals surface area (Å²) >= 11 is 1.01. The number of likely N-dealkylation sites (tertiary alicyclic amines) is 1. The number of benzene rings is 1. The monoisotopic (exact) mass is 364 g/mol. The van der Waals surface area contributed by atoms with E-state index in [9.17, 15) is 13.2 Å². The zero-order chi connectivity index (χ0) is 17.0. The molecule has 1 N–H and O–H groups in total. The van der Waals surface area contributed by atoms with Crippen molar-refractivity contribution in [2.24, 2.45) is 0 Å². The lowest BCUT2D eigenvalue weighted by Crippen LogP contribution is -2.33. The predicted octanol–water partition coefficient (Wildman–Crippen LogP) is 2.41. The van der Waals surface area contributed by atoms with Gasteiger partial charge in [-0.05, 0) is 50.2 Å². The summed E-state index contributed by atoms with van der Waals surface area (Å²) in [5, 5.41) is 2.87. The lowest BCUT2D eigenvalue weighted by atomic mass is 10.4. The van der Waals surface area contributed by atoms with Gasteiger partial charge in [0.15, 0.2) is 0 Å². The van der Waals surface area contributed by atoms with E-state index in [0.717, 1.165) is 31.0 Å². The highest BCUT2D eigenvalue weighted by atomic mass is 32.2. The number of sulfone groups is 1. The number of nitrogens with zero attached hydrogens (tertiary/aromatic N) is 1. The second-order valence-corrected chi connectivity index (χ2v) is 9.00. The molecule has 7 heteroatoms. The van der Waals surface area contributed by atoms with E-state index in [1.165, 1.54) is 18.9 Å². The minimum atomic E-state index is -3.55. The van der Waals surface area contributed by atoms with E-state index in [0.29, 0.717) is 11.4 Å². The molecule has 2 aromatic rings. The number of rotatable bonds is 6. The van der Waals surface area contributed by atoms with Crippen LogP contribution in [-0.4, -0.2) is 45.4 Å². The molecule has 1 amide bonds. The van der Waals surface area contributed by atoms with Crippen LogP contribution in [0.5, 0.6) is 0 Å². The molecule has 1 aromatic heterocycles. The third-order valence-electron chi connectivity index (χ3n) is 4.04. The molecule has 5 nitrogen and oxygen atoms in total. The number of thiophene rings is 1.